The van der Waals surface area contributed by atoms with Crippen LogP contribution >= 0.6 is 11.3 Å². The van der Waals surface area contributed by atoms with Crippen LogP contribution in [0, 0.1) is 0 Å². The first-order chi connectivity index (χ1) is 9.13. The predicted octanol–water partition coefficient (Wildman–Crippen LogP) is 1.13. The summed E-state index contributed by atoms with van der Waals surface area (Å²) in [5.74, 6) is -1.15. The number of fused-ring (bicyclic) bond motifs is 1. The van der Waals surface area contributed by atoms with Crippen LogP contribution in [-0.2, 0) is 20.7 Å². The summed E-state index contributed by atoms with van der Waals surface area (Å²) < 4.78 is 4.75. The molecular formula is C13H18N2O3S. The van der Waals surface area contributed by atoms with Crippen molar-refractivity contribution in [3.8, 4) is 0 Å². The molecule has 3 N–H and O–H groups in total. The maximum absolute atomic E-state index is 11.9. The molecule has 1 amide bonds. The van der Waals surface area contributed by atoms with Crippen LogP contribution < -0.4 is 11.1 Å². The zero-order valence-electron chi connectivity index (χ0n) is 10.8. The Kier molecular flexibility index (Phi) is 4.55. The van der Waals surface area contributed by atoms with Crippen molar-refractivity contribution in [1.29, 1.82) is 0 Å². The Morgan fingerprint density at radius 1 is 1.63 bits per heavy atom. The third kappa shape index (κ3) is 3.13. The fraction of sp³-hybridized carbons (Fsp3) is 0.538. The average Bonchev–Trinajstić information content (AvgIpc) is 2.87. The van der Waals surface area contributed by atoms with Crippen molar-refractivity contribution in [1.82, 2.24) is 5.32 Å². The van der Waals surface area contributed by atoms with Gasteiger partial charge in [-0.1, -0.05) is 0 Å². The van der Waals surface area contributed by atoms with E-state index in [9.17, 15) is 9.59 Å². The van der Waals surface area contributed by atoms with E-state index in [0.29, 0.717) is 0 Å². The molecule has 0 bridgehead atoms. The minimum absolute atomic E-state index is 0.0389. The molecule has 1 aromatic heterocycles. The van der Waals surface area contributed by atoms with Gasteiger partial charge in [0.15, 0.2) is 6.04 Å². The number of ether oxygens (including phenoxy) is 1. The van der Waals surface area contributed by atoms with E-state index in [0.717, 1.165) is 24.8 Å². The van der Waals surface area contributed by atoms with E-state index in [2.05, 4.69) is 5.32 Å². The van der Waals surface area contributed by atoms with Gasteiger partial charge in [-0.15, -0.1) is 11.3 Å². The van der Waals surface area contributed by atoms with Gasteiger partial charge in [-0.05, 0) is 43.2 Å². The Bertz CT molecular complexity index is 472. The maximum atomic E-state index is 11.9. The number of carbonyl (C=O) groups excluding carboxylic acids is 2. The van der Waals surface area contributed by atoms with Crippen molar-refractivity contribution in [2.75, 3.05) is 6.61 Å². The summed E-state index contributed by atoms with van der Waals surface area (Å²) in [5, 5.41) is 4.87. The summed E-state index contributed by atoms with van der Waals surface area (Å²) in [5.41, 5.74) is 6.73. The molecule has 6 heteroatoms. The SMILES string of the molecule is CCOC(=O)C(N)C(=O)NC1CCCc2sccc21. The van der Waals surface area contributed by atoms with Crippen LogP contribution in [0.4, 0.5) is 0 Å². The monoisotopic (exact) mass is 282 g/mol. The highest BCUT2D eigenvalue weighted by Crippen LogP contribution is 2.33. The number of hydrogen-bond acceptors (Lipinski definition) is 5. The second-order valence-electron chi connectivity index (χ2n) is 4.48. The Morgan fingerprint density at radius 3 is 3.16 bits per heavy atom. The third-order valence-corrected chi connectivity index (χ3v) is 4.19. The molecule has 0 aliphatic heterocycles. The Balaban J connectivity index is 1.99. The lowest BCUT2D eigenvalue weighted by Gasteiger charge is -2.24. The molecule has 2 atom stereocenters. The van der Waals surface area contributed by atoms with Gasteiger partial charge >= 0.3 is 5.97 Å². The second kappa shape index (κ2) is 6.16. The fourth-order valence-electron chi connectivity index (χ4n) is 2.24. The van der Waals surface area contributed by atoms with Crippen LogP contribution in [-0.4, -0.2) is 24.5 Å². The van der Waals surface area contributed by atoms with Gasteiger partial charge in [0.25, 0.3) is 0 Å². The number of rotatable bonds is 4. The zero-order valence-corrected chi connectivity index (χ0v) is 11.7. The molecule has 0 spiro atoms. The summed E-state index contributed by atoms with van der Waals surface area (Å²) in [6.07, 6.45) is 2.97. The van der Waals surface area contributed by atoms with E-state index in [1.165, 1.54) is 4.88 Å². The summed E-state index contributed by atoms with van der Waals surface area (Å²) in [6, 6.07) is 0.743. The molecule has 1 aromatic rings. The molecule has 0 radical (unpaired) electrons. The Morgan fingerprint density at radius 2 is 2.42 bits per heavy atom. The van der Waals surface area contributed by atoms with Gasteiger partial charge in [-0.3, -0.25) is 4.79 Å². The normalized spacial score (nSPS) is 19.4. The molecule has 104 valence electrons. The van der Waals surface area contributed by atoms with Gasteiger partial charge in [-0.25, -0.2) is 4.79 Å². The highest BCUT2D eigenvalue weighted by molar-refractivity contribution is 7.10. The van der Waals surface area contributed by atoms with Gasteiger partial charge in [0.2, 0.25) is 5.91 Å². The number of aryl methyl sites for hydroxylation is 1. The topological polar surface area (TPSA) is 81.4 Å². The highest BCUT2D eigenvalue weighted by Gasteiger charge is 2.28. The summed E-state index contributed by atoms with van der Waals surface area (Å²) in [7, 11) is 0. The number of thiophene rings is 1. The van der Waals surface area contributed by atoms with Gasteiger partial charge in [0.1, 0.15) is 0 Å². The Labute approximate surface area is 116 Å². The molecular weight excluding hydrogens is 264 g/mol. The van der Waals surface area contributed by atoms with Crippen LogP contribution in [0.15, 0.2) is 11.4 Å². The molecule has 1 aliphatic carbocycles. The molecule has 19 heavy (non-hydrogen) atoms. The average molecular weight is 282 g/mol. The lowest BCUT2D eigenvalue weighted by molar-refractivity contribution is -0.148. The number of nitrogens with one attached hydrogen (secondary N) is 1. The third-order valence-electron chi connectivity index (χ3n) is 3.19. The number of carbonyl (C=O) groups is 2. The van der Waals surface area contributed by atoms with Crippen molar-refractivity contribution in [3.63, 3.8) is 0 Å². The lowest BCUT2D eigenvalue weighted by Crippen LogP contribution is -2.48. The summed E-state index contributed by atoms with van der Waals surface area (Å²) >= 11 is 1.70. The number of esters is 1. The first kappa shape index (κ1) is 14.0. The first-order valence-electron chi connectivity index (χ1n) is 6.42. The van der Waals surface area contributed by atoms with Crippen molar-refractivity contribution < 1.29 is 14.3 Å². The molecule has 0 aromatic carbocycles. The van der Waals surface area contributed by atoms with E-state index in [1.807, 2.05) is 11.4 Å². The molecule has 1 heterocycles. The molecule has 5 nitrogen and oxygen atoms in total. The molecule has 2 rings (SSSR count). The minimum atomic E-state index is -1.25. The van der Waals surface area contributed by atoms with Crippen molar-refractivity contribution >= 4 is 23.2 Å². The van der Waals surface area contributed by atoms with Crippen LogP contribution in [0.3, 0.4) is 0 Å². The maximum Gasteiger partial charge on any atom is 0.332 e. The molecule has 2 unspecified atom stereocenters. The summed E-state index contributed by atoms with van der Waals surface area (Å²) in [6.45, 7) is 1.90. The minimum Gasteiger partial charge on any atom is -0.464 e. The predicted molar refractivity (Wildman–Crippen MR) is 72.7 cm³/mol. The zero-order chi connectivity index (χ0) is 13.8. The van der Waals surface area contributed by atoms with E-state index in [1.54, 1.807) is 18.3 Å². The number of hydrogen-bond donors (Lipinski definition) is 2. The van der Waals surface area contributed by atoms with E-state index in [-0.39, 0.29) is 12.6 Å². The second-order valence-corrected chi connectivity index (χ2v) is 5.48. The quantitative estimate of drug-likeness (QED) is 0.641. The van der Waals surface area contributed by atoms with Gasteiger partial charge < -0.3 is 15.8 Å². The standard InChI is InChI=1S/C13H18N2O3S/c1-2-18-13(17)11(14)12(16)15-9-4-3-5-10-8(9)6-7-19-10/h6-7,9,11H,2-5,14H2,1H3,(H,15,16). The lowest BCUT2D eigenvalue weighted by atomic mass is 9.94. The summed E-state index contributed by atoms with van der Waals surface area (Å²) in [4.78, 5) is 24.6. The molecule has 0 saturated carbocycles. The van der Waals surface area contributed by atoms with E-state index >= 15 is 0 Å². The fourth-order valence-corrected chi connectivity index (χ4v) is 3.22. The molecule has 1 aliphatic rings. The highest BCUT2D eigenvalue weighted by atomic mass is 32.1. The number of nitrogens with two attached hydrogens (primary N) is 1. The van der Waals surface area contributed by atoms with Crippen molar-refractivity contribution in [2.45, 2.75) is 38.3 Å². The van der Waals surface area contributed by atoms with Crippen LogP contribution in [0.1, 0.15) is 36.2 Å². The van der Waals surface area contributed by atoms with Crippen LogP contribution in [0.2, 0.25) is 0 Å². The van der Waals surface area contributed by atoms with E-state index in [4.69, 9.17) is 10.5 Å². The van der Waals surface area contributed by atoms with Crippen LogP contribution in [0.25, 0.3) is 0 Å². The Hall–Kier alpha value is -1.40. The van der Waals surface area contributed by atoms with Crippen molar-refractivity contribution in [3.05, 3.63) is 21.9 Å². The van der Waals surface area contributed by atoms with Gasteiger partial charge in [-0.2, -0.15) is 0 Å². The first-order valence-corrected chi connectivity index (χ1v) is 7.30. The van der Waals surface area contributed by atoms with Gasteiger partial charge in [0, 0.05) is 4.88 Å². The van der Waals surface area contributed by atoms with Gasteiger partial charge in [0.05, 0.1) is 12.6 Å². The largest absolute Gasteiger partial charge is 0.464 e. The van der Waals surface area contributed by atoms with E-state index < -0.39 is 17.9 Å². The number of amides is 1. The molecule has 0 fully saturated rings. The van der Waals surface area contributed by atoms with Crippen molar-refractivity contribution in [2.24, 2.45) is 5.73 Å². The van der Waals surface area contributed by atoms with Crippen LogP contribution in [0.5, 0.6) is 0 Å². The molecule has 0 saturated heterocycles. The smallest absolute Gasteiger partial charge is 0.332 e.